The molecule has 7 heteroatoms. The van der Waals surface area contributed by atoms with E-state index in [4.69, 9.17) is 16.3 Å². The van der Waals surface area contributed by atoms with Gasteiger partial charge in [0.1, 0.15) is 5.75 Å². The predicted molar refractivity (Wildman–Crippen MR) is 131 cm³/mol. The number of carbonyl (C=O) groups excluding carboxylic acids is 2. The summed E-state index contributed by atoms with van der Waals surface area (Å²) >= 11 is 5.92. The molecule has 0 aromatic heterocycles. The zero-order valence-electron chi connectivity index (χ0n) is 18.4. The van der Waals surface area contributed by atoms with Crippen LogP contribution in [0.2, 0.25) is 5.02 Å². The van der Waals surface area contributed by atoms with Gasteiger partial charge in [-0.2, -0.15) is 0 Å². The van der Waals surface area contributed by atoms with Crippen LogP contribution in [0.25, 0.3) is 0 Å². The molecule has 1 unspecified atom stereocenters. The molecule has 3 aromatic carbocycles. The van der Waals surface area contributed by atoms with E-state index < -0.39 is 0 Å². The van der Waals surface area contributed by atoms with Gasteiger partial charge in [0.25, 0.3) is 5.91 Å². The number of nitrogens with zero attached hydrogens (tertiary/aromatic N) is 1. The summed E-state index contributed by atoms with van der Waals surface area (Å²) in [6, 6.07) is 21.8. The summed E-state index contributed by atoms with van der Waals surface area (Å²) in [4.78, 5) is 27.4. The molecule has 170 valence electrons. The number of piperidine rings is 1. The monoisotopic (exact) mass is 463 g/mol. The number of amides is 3. The molecule has 3 aromatic rings. The van der Waals surface area contributed by atoms with E-state index in [2.05, 4.69) is 10.6 Å². The van der Waals surface area contributed by atoms with E-state index in [0.717, 1.165) is 24.2 Å². The molecule has 1 atom stereocenters. The molecule has 0 spiro atoms. The molecule has 6 nitrogen and oxygen atoms in total. The fourth-order valence-corrected chi connectivity index (χ4v) is 4.11. The predicted octanol–water partition coefficient (Wildman–Crippen LogP) is 6.01. The molecular formula is C26H26ClN3O3. The lowest BCUT2D eigenvalue weighted by molar-refractivity contribution is 0.102. The summed E-state index contributed by atoms with van der Waals surface area (Å²) in [6.07, 6.45) is 1.87. The van der Waals surface area contributed by atoms with Gasteiger partial charge >= 0.3 is 6.03 Å². The molecule has 0 bridgehead atoms. The highest BCUT2D eigenvalue weighted by molar-refractivity contribution is 6.30. The van der Waals surface area contributed by atoms with Gasteiger partial charge in [-0.05, 0) is 79.1 Å². The molecule has 0 radical (unpaired) electrons. The number of ether oxygens (including phenoxy) is 1. The standard InChI is InChI=1S/C26H26ClN3O3/c1-33-24-13-11-22(12-14-24)28-25(31)19-5-2-4-18(16-19)20-6-3-15-30(17-20)26(32)29-23-9-7-21(27)8-10-23/h2,4-5,7-14,16,20H,3,6,15,17H2,1H3,(H,28,31)(H,29,32). The number of benzene rings is 3. The van der Waals surface area contributed by atoms with Crippen molar-refractivity contribution < 1.29 is 14.3 Å². The lowest BCUT2D eigenvalue weighted by atomic mass is 9.89. The Morgan fingerprint density at radius 1 is 0.970 bits per heavy atom. The van der Waals surface area contributed by atoms with Crippen molar-refractivity contribution in [1.82, 2.24) is 4.90 Å². The number of nitrogens with one attached hydrogen (secondary N) is 2. The van der Waals surface area contributed by atoms with Crippen LogP contribution in [0, 0.1) is 0 Å². The molecule has 3 amide bonds. The summed E-state index contributed by atoms with van der Waals surface area (Å²) in [5.74, 6) is 0.732. The smallest absolute Gasteiger partial charge is 0.321 e. The first kappa shape index (κ1) is 22.7. The van der Waals surface area contributed by atoms with Gasteiger partial charge in [0, 0.05) is 41.0 Å². The lowest BCUT2D eigenvalue weighted by Gasteiger charge is -2.33. The quantitative estimate of drug-likeness (QED) is 0.486. The first-order valence-corrected chi connectivity index (χ1v) is 11.3. The third-order valence-corrected chi connectivity index (χ3v) is 6.02. The molecule has 1 saturated heterocycles. The van der Waals surface area contributed by atoms with Crippen LogP contribution >= 0.6 is 11.6 Å². The summed E-state index contributed by atoms with van der Waals surface area (Å²) in [6.45, 7) is 1.30. The van der Waals surface area contributed by atoms with Crippen molar-refractivity contribution in [2.75, 3.05) is 30.8 Å². The minimum Gasteiger partial charge on any atom is -0.497 e. The van der Waals surface area contributed by atoms with Crippen molar-refractivity contribution in [1.29, 1.82) is 0 Å². The van der Waals surface area contributed by atoms with E-state index in [1.807, 2.05) is 23.1 Å². The van der Waals surface area contributed by atoms with Crippen LogP contribution in [0.5, 0.6) is 5.75 Å². The summed E-state index contributed by atoms with van der Waals surface area (Å²) in [7, 11) is 1.60. The number of hydrogen-bond acceptors (Lipinski definition) is 3. The molecule has 1 aliphatic rings. The van der Waals surface area contributed by atoms with Crippen LogP contribution in [-0.2, 0) is 0 Å². The number of anilines is 2. The zero-order valence-corrected chi connectivity index (χ0v) is 19.1. The Kier molecular flexibility index (Phi) is 7.15. The molecular weight excluding hydrogens is 438 g/mol. The number of likely N-dealkylation sites (tertiary alicyclic amines) is 1. The molecule has 0 aliphatic carbocycles. The van der Waals surface area contributed by atoms with Crippen molar-refractivity contribution >= 4 is 34.9 Å². The Morgan fingerprint density at radius 2 is 1.67 bits per heavy atom. The fraction of sp³-hybridized carbons (Fsp3) is 0.231. The Bertz CT molecular complexity index is 1120. The third kappa shape index (κ3) is 5.84. The first-order valence-electron chi connectivity index (χ1n) is 10.9. The zero-order chi connectivity index (χ0) is 23.2. The van der Waals surface area contributed by atoms with Crippen molar-refractivity contribution in [3.05, 3.63) is 88.9 Å². The highest BCUT2D eigenvalue weighted by Gasteiger charge is 2.25. The van der Waals surface area contributed by atoms with Gasteiger partial charge in [0.05, 0.1) is 7.11 Å². The van der Waals surface area contributed by atoms with Gasteiger partial charge in [-0.15, -0.1) is 0 Å². The van der Waals surface area contributed by atoms with Gasteiger partial charge in [-0.3, -0.25) is 4.79 Å². The maximum absolute atomic E-state index is 12.8. The van der Waals surface area contributed by atoms with Crippen LogP contribution < -0.4 is 15.4 Å². The Hall–Kier alpha value is -3.51. The number of rotatable bonds is 5. The minimum atomic E-state index is -0.171. The summed E-state index contributed by atoms with van der Waals surface area (Å²) in [5, 5.41) is 6.48. The minimum absolute atomic E-state index is 0.129. The maximum atomic E-state index is 12.8. The van der Waals surface area contributed by atoms with Crippen molar-refractivity contribution in [3.63, 3.8) is 0 Å². The molecule has 1 aliphatic heterocycles. The van der Waals surface area contributed by atoms with Gasteiger partial charge in [0.2, 0.25) is 0 Å². The van der Waals surface area contributed by atoms with Crippen LogP contribution in [0.1, 0.15) is 34.7 Å². The summed E-state index contributed by atoms with van der Waals surface area (Å²) < 4.78 is 5.15. The normalized spacial score (nSPS) is 15.6. The number of halogens is 1. The van der Waals surface area contributed by atoms with E-state index in [1.165, 1.54) is 0 Å². The van der Waals surface area contributed by atoms with Crippen molar-refractivity contribution in [2.45, 2.75) is 18.8 Å². The van der Waals surface area contributed by atoms with Gasteiger partial charge in [0.15, 0.2) is 0 Å². The molecule has 1 heterocycles. The number of carbonyl (C=O) groups is 2. The Balaban J connectivity index is 1.40. The maximum Gasteiger partial charge on any atom is 0.321 e. The van der Waals surface area contributed by atoms with Gasteiger partial charge in [-0.25, -0.2) is 4.79 Å². The van der Waals surface area contributed by atoms with E-state index in [9.17, 15) is 9.59 Å². The van der Waals surface area contributed by atoms with Gasteiger partial charge in [-0.1, -0.05) is 23.7 Å². The first-order chi connectivity index (χ1) is 16.0. The van der Waals surface area contributed by atoms with Crippen LogP contribution in [-0.4, -0.2) is 37.0 Å². The molecule has 33 heavy (non-hydrogen) atoms. The highest BCUT2D eigenvalue weighted by Crippen LogP contribution is 2.28. The third-order valence-electron chi connectivity index (χ3n) is 5.77. The average molecular weight is 464 g/mol. The molecule has 4 rings (SSSR count). The van der Waals surface area contributed by atoms with Crippen molar-refractivity contribution in [2.24, 2.45) is 0 Å². The average Bonchev–Trinajstić information content (AvgIpc) is 2.86. The van der Waals surface area contributed by atoms with Gasteiger partial charge < -0.3 is 20.3 Å². The topological polar surface area (TPSA) is 70.7 Å². The van der Waals surface area contributed by atoms with E-state index in [0.29, 0.717) is 35.1 Å². The lowest BCUT2D eigenvalue weighted by Crippen LogP contribution is -2.41. The van der Waals surface area contributed by atoms with Crippen LogP contribution in [0.4, 0.5) is 16.2 Å². The molecule has 1 fully saturated rings. The Morgan fingerprint density at radius 3 is 2.39 bits per heavy atom. The van der Waals surface area contributed by atoms with Crippen molar-refractivity contribution in [3.8, 4) is 5.75 Å². The largest absolute Gasteiger partial charge is 0.497 e. The van der Waals surface area contributed by atoms with Crippen LogP contribution in [0.15, 0.2) is 72.8 Å². The second-order valence-corrected chi connectivity index (χ2v) is 8.47. The van der Waals surface area contributed by atoms with E-state index >= 15 is 0 Å². The molecule has 0 saturated carbocycles. The summed E-state index contributed by atoms with van der Waals surface area (Å²) in [5.41, 5.74) is 3.06. The molecule has 2 N–H and O–H groups in total. The number of urea groups is 1. The number of methoxy groups -OCH3 is 1. The number of hydrogen-bond donors (Lipinski definition) is 2. The van der Waals surface area contributed by atoms with E-state index in [-0.39, 0.29) is 17.9 Å². The second-order valence-electron chi connectivity index (χ2n) is 8.03. The highest BCUT2D eigenvalue weighted by atomic mass is 35.5. The SMILES string of the molecule is COc1ccc(NC(=O)c2cccc(C3CCCN(C(=O)Nc4ccc(Cl)cc4)C3)c2)cc1. The fourth-order valence-electron chi connectivity index (χ4n) is 3.98. The van der Waals surface area contributed by atoms with Crippen LogP contribution in [0.3, 0.4) is 0 Å². The second kappa shape index (κ2) is 10.4. The Labute approximate surface area is 198 Å². The van der Waals surface area contributed by atoms with E-state index in [1.54, 1.807) is 61.7 Å².